The van der Waals surface area contributed by atoms with E-state index in [0.717, 1.165) is 68.8 Å². The number of likely N-dealkylation sites (N-methyl/N-ethyl adjacent to an activating group) is 1. The molecular weight excluding hydrogens is 442 g/mol. The third-order valence-electron chi connectivity index (χ3n) is 8.22. The SMILES string of the molecule is CN1CCN(c2ccc(Cc3ncc4c(n3)N(C3CCCC3)C(=O)[C@]3(CCNC3=O)C4)nc2)CC1. The second kappa shape index (κ2) is 8.86. The van der Waals surface area contributed by atoms with Gasteiger partial charge in [0.25, 0.3) is 0 Å². The monoisotopic (exact) mass is 475 g/mol. The summed E-state index contributed by atoms with van der Waals surface area (Å²) in [6.45, 7) is 4.69. The number of anilines is 2. The zero-order valence-electron chi connectivity index (χ0n) is 20.4. The minimum absolute atomic E-state index is 0.0776. The molecule has 0 bridgehead atoms. The Bertz CT molecular complexity index is 1120. The molecule has 35 heavy (non-hydrogen) atoms. The number of nitrogens with one attached hydrogen (secondary N) is 1. The summed E-state index contributed by atoms with van der Waals surface area (Å²) in [5.41, 5.74) is 1.95. The molecule has 0 aromatic carbocycles. The predicted molar refractivity (Wildman–Crippen MR) is 132 cm³/mol. The molecule has 0 unspecified atom stereocenters. The van der Waals surface area contributed by atoms with Gasteiger partial charge in [-0.1, -0.05) is 12.8 Å². The van der Waals surface area contributed by atoms with Gasteiger partial charge in [-0.05, 0) is 38.4 Å². The van der Waals surface area contributed by atoms with E-state index in [1.807, 2.05) is 23.4 Å². The quantitative estimate of drug-likeness (QED) is 0.671. The summed E-state index contributed by atoms with van der Waals surface area (Å²) in [4.78, 5) is 47.3. The molecule has 0 radical (unpaired) electrons. The second-order valence-corrected chi connectivity index (χ2v) is 10.5. The number of amides is 2. The number of hydrogen-bond donors (Lipinski definition) is 1. The topological polar surface area (TPSA) is 94.6 Å². The first kappa shape index (κ1) is 22.4. The molecule has 9 heteroatoms. The van der Waals surface area contributed by atoms with Gasteiger partial charge in [0.2, 0.25) is 11.8 Å². The highest BCUT2D eigenvalue weighted by atomic mass is 16.2. The van der Waals surface area contributed by atoms with E-state index in [2.05, 4.69) is 33.2 Å². The summed E-state index contributed by atoms with van der Waals surface area (Å²) in [7, 11) is 2.15. The van der Waals surface area contributed by atoms with E-state index in [4.69, 9.17) is 9.97 Å². The molecule has 1 spiro atoms. The maximum Gasteiger partial charge on any atom is 0.244 e. The van der Waals surface area contributed by atoms with Gasteiger partial charge >= 0.3 is 0 Å². The van der Waals surface area contributed by atoms with Gasteiger partial charge < -0.3 is 15.1 Å². The molecule has 3 fully saturated rings. The average Bonchev–Trinajstić information content (AvgIpc) is 3.52. The number of pyridine rings is 1. The van der Waals surface area contributed by atoms with E-state index < -0.39 is 5.41 Å². The fourth-order valence-electron chi connectivity index (χ4n) is 6.06. The van der Waals surface area contributed by atoms with Gasteiger partial charge in [-0.25, -0.2) is 9.97 Å². The van der Waals surface area contributed by atoms with Crippen LogP contribution in [-0.2, 0) is 22.4 Å². The number of fused-ring (bicyclic) bond motifs is 1. The van der Waals surface area contributed by atoms with E-state index in [1.165, 1.54) is 0 Å². The molecule has 1 atom stereocenters. The van der Waals surface area contributed by atoms with Crippen LogP contribution in [0.15, 0.2) is 24.5 Å². The average molecular weight is 476 g/mol. The van der Waals surface area contributed by atoms with Gasteiger partial charge in [-0.2, -0.15) is 0 Å². The first-order valence-electron chi connectivity index (χ1n) is 12.9. The van der Waals surface area contributed by atoms with Crippen molar-refractivity contribution in [1.29, 1.82) is 0 Å². The molecule has 2 aromatic rings. The first-order chi connectivity index (χ1) is 17.0. The van der Waals surface area contributed by atoms with E-state index in [0.29, 0.717) is 37.4 Å². The number of carbonyl (C=O) groups excluding carboxylic acids is 2. The Morgan fingerprint density at radius 1 is 1.06 bits per heavy atom. The molecule has 5 heterocycles. The van der Waals surface area contributed by atoms with Crippen LogP contribution in [0, 0.1) is 5.41 Å². The van der Waals surface area contributed by atoms with Gasteiger partial charge in [0.1, 0.15) is 17.1 Å². The predicted octanol–water partition coefficient (Wildman–Crippen LogP) is 1.55. The highest BCUT2D eigenvalue weighted by Crippen LogP contribution is 2.44. The second-order valence-electron chi connectivity index (χ2n) is 10.5. The molecule has 2 amide bonds. The lowest BCUT2D eigenvalue weighted by Gasteiger charge is -2.40. The van der Waals surface area contributed by atoms with Crippen molar-refractivity contribution in [3.8, 4) is 0 Å². The number of aromatic nitrogens is 3. The Kier molecular flexibility index (Phi) is 5.67. The van der Waals surface area contributed by atoms with Crippen LogP contribution in [0.3, 0.4) is 0 Å². The van der Waals surface area contributed by atoms with Gasteiger partial charge in [-0.3, -0.25) is 19.5 Å². The van der Waals surface area contributed by atoms with Crippen molar-refractivity contribution in [2.45, 2.75) is 51.0 Å². The highest BCUT2D eigenvalue weighted by molar-refractivity contribution is 6.14. The number of piperazine rings is 1. The number of hydrogen-bond acceptors (Lipinski definition) is 7. The zero-order valence-corrected chi connectivity index (χ0v) is 20.4. The van der Waals surface area contributed by atoms with Crippen LogP contribution < -0.4 is 15.1 Å². The smallest absolute Gasteiger partial charge is 0.244 e. The van der Waals surface area contributed by atoms with Crippen molar-refractivity contribution in [2.24, 2.45) is 5.41 Å². The summed E-state index contributed by atoms with van der Waals surface area (Å²) in [6, 6.07) is 4.28. The minimum Gasteiger partial charge on any atom is -0.368 e. The lowest BCUT2D eigenvalue weighted by atomic mass is 9.76. The van der Waals surface area contributed by atoms with Gasteiger partial charge in [0.15, 0.2) is 0 Å². The molecule has 1 aliphatic carbocycles. The van der Waals surface area contributed by atoms with Crippen LogP contribution in [-0.4, -0.2) is 77.5 Å². The van der Waals surface area contributed by atoms with Crippen LogP contribution in [0.1, 0.15) is 49.2 Å². The van der Waals surface area contributed by atoms with Crippen molar-refractivity contribution in [3.63, 3.8) is 0 Å². The largest absolute Gasteiger partial charge is 0.368 e. The van der Waals surface area contributed by atoms with Gasteiger partial charge in [0, 0.05) is 62.6 Å². The van der Waals surface area contributed by atoms with Gasteiger partial charge in [-0.15, -0.1) is 0 Å². The van der Waals surface area contributed by atoms with Crippen LogP contribution >= 0.6 is 0 Å². The fraction of sp³-hybridized carbons (Fsp3) is 0.577. The standard InChI is InChI=1S/C26H33N7O2/c1-31-10-12-32(13-11-31)21-7-6-19(28-17-21)14-22-29-16-18-15-26(8-9-27-24(26)34)25(35)33(23(18)30-22)20-4-2-3-5-20/h6-7,16-17,20H,2-5,8-15H2,1H3,(H,27,34)/t26-/m1/s1. The van der Waals surface area contributed by atoms with Crippen LogP contribution in [0.4, 0.5) is 11.5 Å². The lowest BCUT2D eigenvalue weighted by Crippen LogP contribution is -2.56. The van der Waals surface area contributed by atoms with E-state index >= 15 is 0 Å². The fourth-order valence-corrected chi connectivity index (χ4v) is 6.06. The van der Waals surface area contributed by atoms with Crippen molar-refractivity contribution < 1.29 is 9.59 Å². The number of nitrogens with zero attached hydrogens (tertiary/aromatic N) is 6. The Balaban J connectivity index is 1.26. The molecule has 3 aliphatic heterocycles. The molecule has 6 rings (SSSR count). The van der Waals surface area contributed by atoms with Crippen LogP contribution in [0.2, 0.25) is 0 Å². The van der Waals surface area contributed by atoms with E-state index in [9.17, 15) is 9.59 Å². The summed E-state index contributed by atoms with van der Waals surface area (Å²) < 4.78 is 0. The molecule has 1 N–H and O–H groups in total. The summed E-state index contributed by atoms with van der Waals surface area (Å²) in [5.74, 6) is 1.13. The Hall–Kier alpha value is -3.07. The zero-order chi connectivity index (χ0) is 24.0. The Morgan fingerprint density at radius 3 is 2.54 bits per heavy atom. The highest BCUT2D eigenvalue weighted by Gasteiger charge is 2.56. The van der Waals surface area contributed by atoms with E-state index in [-0.39, 0.29) is 17.9 Å². The lowest BCUT2D eigenvalue weighted by molar-refractivity contribution is -0.140. The number of carbonyl (C=O) groups is 2. The first-order valence-corrected chi connectivity index (χ1v) is 12.9. The summed E-state index contributed by atoms with van der Waals surface area (Å²) in [6.07, 6.45) is 9.32. The summed E-state index contributed by atoms with van der Waals surface area (Å²) in [5, 5.41) is 2.89. The Labute approximate surface area is 205 Å². The van der Waals surface area contributed by atoms with Crippen molar-refractivity contribution >= 4 is 23.3 Å². The van der Waals surface area contributed by atoms with Gasteiger partial charge in [0.05, 0.1) is 18.3 Å². The Morgan fingerprint density at radius 2 is 1.86 bits per heavy atom. The molecule has 4 aliphatic rings. The van der Waals surface area contributed by atoms with Crippen LogP contribution in [0.25, 0.3) is 0 Å². The van der Waals surface area contributed by atoms with Crippen LogP contribution in [0.5, 0.6) is 0 Å². The minimum atomic E-state index is -0.999. The third kappa shape index (κ3) is 3.95. The molecule has 9 nitrogen and oxygen atoms in total. The van der Waals surface area contributed by atoms with Crippen molar-refractivity contribution in [1.82, 2.24) is 25.2 Å². The molecular formula is C26H33N7O2. The normalized spacial score (nSPS) is 25.4. The third-order valence-corrected chi connectivity index (χ3v) is 8.22. The molecule has 2 aromatic heterocycles. The number of rotatable bonds is 4. The summed E-state index contributed by atoms with van der Waals surface area (Å²) >= 11 is 0. The molecule has 1 saturated carbocycles. The van der Waals surface area contributed by atoms with E-state index in [1.54, 1.807) is 0 Å². The molecule has 2 saturated heterocycles. The van der Waals surface area contributed by atoms with Crippen molar-refractivity contribution in [2.75, 3.05) is 49.6 Å². The maximum atomic E-state index is 13.8. The van der Waals surface area contributed by atoms with Crippen molar-refractivity contribution in [3.05, 3.63) is 41.6 Å². The molecule has 184 valence electrons. The maximum absolute atomic E-state index is 13.8.